The molecule has 2 nitrogen and oxygen atoms in total. The predicted octanol–water partition coefficient (Wildman–Crippen LogP) is 2.24. The minimum Gasteiger partial charge on any atom is -0.395 e. The minimum atomic E-state index is 0.225. The van der Waals surface area contributed by atoms with Gasteiger partial charge in [0.2, 0.25) is 0 Å². The molecule has 14 heavy (non-hydrogen) atoms. The lowest BCUT2D eigenvalue weighted by atomic mass is 10.0. The van der Waals surface area contributed by atoms with Crippen LogP contribution in [0.15, 0.2) is 16.8 Å². The number of aliphatic hydroxyl groups is 1. The molecule has 0 saturated carbocycles. The molecule has 1 aromatic heterocycles. The van der Waals surface area contributed by atoms with Gasteiger partial charge in [0, 0.05) is 12.6 Å². The van der Waals surface area contributed by atoms with Gasteiger partial charge in [-0.25, -0.2) is 0 Å². The van der Waals surface area contributed by atoms with Gasteiger partial charge in [-0.3, -0.25) is 0 Å². The molecule has 1 atom stereocenters. The highest BCUT2D eigenvalue weighted by molar-refractivity contribution is 7.07. The average Bonchev–Trinajstić information content (AvgIpc) is 2.64. The Hall–Kier alpha value is -0.380. The Morgan fingerprint density at radius 2 is 2.29 bits per heavy atom. The molecule has 1 unspecified atom stereocenters. The second-order valence-corrected chi connectivity index (χ2v) is 4.80. The van der Waals surface area contributed by atoms with Crippen LogP contribution in [0.4, 0.5) is 0 Å². The zero-order chi connectivity index (χ0) is 10.4. The summed E-state index contributed by atoms with van der Waals surface area (Å²) in [5.41, 5.74) is 1.30. The Morgan fingerprint density at radius 3 is 2.79 bits per heavy atom. The fraction of sp³-hybridized carbons (Fsp3) is 0.636. The monoisotopic (exact) mass is 213 g/mol. The van der Waals surface area contributed by atoms with Crippen LogP contribution in [0.3, 0.4) is 0 Å². The van der Waals surface area contributed by atoms with Gasteiger partial charge in [-0.2, -0.15) is 11.3 Å². The summed E-state index contributed by atoms with van der Waals surface area (Å²) in [6.07, 6.45) is 1.03. The second kappa shape index (κ2) is 6.17. The van der Waals surface area contributed by atoms with Crippen molar-refractivity contribution >= 4 is 11.3 Å². The topological polar surface area (TPSA) is 32.3 Å². The van der Waals surface area contributed by atoms with Crippen LogP contribution in [-0.2, 0) is 6.54 Å². The van der Waals surface area contributed by atoms with Gasteiger partial charge < -0.3 is 10.4 Å². The zero-order valence-electron chi connectivity index (χ0n) is 8.86. The first-order chi connectivity index (χ1) is 6.72. The molecule has 0 aliphatic heterocycles. The maximum absolute atomic E-state index is 9.14. The third-order valence-electron chi connectivity index (χ3n) is 2.15. The summed E-state index contributed by atoms with van der Waals surface area (Å²) in [6, 6.07) is 2.34. The molecular weight excluding hydrogens is 194 g/mol. The molecule has 0 amide bonds. The number of hydrogen-bond acceptors (Lipinski definition) is 3. The Labute approximate surface area is 90.0 Å². The predicted molar refractivity (Wildman–Crippen MR) is 61.5 cm³/mol. The molecule has 1 aromatic rings. The van der Waals surface area contributed by atoms with E-state index >= 15 is 0 Å². The van der Waals surface area contributed by atoms with E-state index in [2.05, 4.69) is 36.0 Å². The molecule has 1 heterocycles. The van der Waals surface area contributed by atoms with Crippen LogP contribution in [0, 0.1) is 5.92 Å². The third kappa shape index (κ3) is 4.22. The molecular formula is C11H19NOS. The molecule has 1 rings (SSSR count). The molecule has 0 saturated heterocycles. The van der Waals surface area contributed by atoms with Crippen LogP contribution in [0.5, 0.6) is 0 Å². The van der Waals surface area contributed by atoms with Crippen molar-refractivity contribution in [2.45, 2.75) is 32.9 Å². The fourth-order valence-corrected chi connectivity index (χ4v) is 2.12. The van der Waals surface area contributed by atoms with Crippen molar-refractivity contribution < 1.29 is 5.11 Å². The maximum Gasteiger partial charge on any atom is 0.0584 e. The quantitative estimate of drug-likeness (QED) is 0.759. The van der Waals surface area contributed by atoms with Gasteiger partial charge >= 0.3 is 0 Å². The third-order valence-corrected chi connectivity index (χ3v) is 2.88. The summed E-state index contributed by atoms with van der Waals surface area (Å²) in [4.78, 5) is 0. The standard InChI is InChI=1S/C11H19NOS/c1-9(2)5-11(7-13)12-6-10-3-4-14-8-10/h3-4,8-9,11-13H,5-7H2,1-2H3. The van der Waals surface area contributed by atoms with Gasteiger partial charge in [-0.15, -0.1) is 0 Å². The molecule has 0 radical (unpaired) electrons. The van der Waals surface area contributed by atoms with Crippen LogP contribution in [0.2, 0.25) is 0 Å². The van der Waals surface area contributed by atoms with E-state index in [9.17, 15) is 0 Å². The Balaban J connectivity index is 2.27. The van der Waals surface area contributed by atoms with Gasteiger partial charge in [-0.1, -0.05) is 13.8 Å². The van der Waals surface area contributed by atoms with Crippen molar-refractivity contribution in [3.8, 4) is 0 Å². The largest absolute Gasteiger partial charge is 0.395 e. The summed E-state index contributed by atoms with van der Waals surface area (Å²) < 4.78 is 0. The van der Waals surface area contributed by atoms with Gasteiger partial charge in [0.25, 0.3) is 0 Å². The van der Waals surface area contributed by atoms with Crippen molar-refractivity contribution in [1.82, 2.24) is 5.32 Å². The average molecular weight is 213 g/mol. The number of hydrogen-bond donors (Lipinski definition) is 2. The summed E-state index contributed by atoms with van der Waals surface area (Å²) in [5.74, 6) is 0.627. The summed E-state index contributed by atoms with van der Waals surface area (Å²) in [6.45, 7) is 5.44. The van der Waals surface area contributed by atoms with Crippen molar-refractivity contribution in [2.24, 2.45) is 5.92 Å². The van der Waals surface area contributed by atoms with Crippen molar-refractivity contribution in [3.05, 3.63) is 22.4 Å². The molecule has 0 fully saturated rings. The van der Waals surface area contributed by atoms with Gasteiger partial charge in [-0.05, 0) is 34.7 Å². The minimum absolute atomic E-state index is 0.225. The molecule has 0 aliphatic rings. The van der Waals surface area contributed by atoms with E-state index in [1.165, 1.54) is 5.56 Å². The summed E-state index contributed by atoms with van der Waals surface area (Å²) in [5, 5.41) is 16.7. The Morgan fingerprint density at radius 1 is 1.50 bits per heavy atom. The van der Waals surface area contributed by atoms with Gasteiger partial charge in [0.15, 0.2) is 0 Å². The number of thiophene rings is 1. The van der Waals surface area contributed by atoms with Gasteiger partial charge in [0.05, 0.1) is 6.61 Å². The first kappa shape index (κ1) is 11.7. The van der Waals surface area contributed by atoms with Crippen LogP contribution < -0.4 is 5.32 Å². The van der Waals surface area contributed by atoms with Crippen molar-refractivity contribution in [3.63, 3.8) is 0 Å². The van der Waals surface area contributed by atoms with E-state index in [0.29, 0.717) is 5.92 Å². The number of rotatable bonds is 6. The van der Waals surface area contributed by atoms with Crippen molar-refractivity contribution in [2.75, 3.05) is 6.61 Å². The molecule has 0 spiro atoms. The number of nitrogens with one attached hydrogen (secondary N) is 1. The van der Waals surface area contributed by atoms with Crippen LogP contribution in [0.25, 0.3) is 0 Å². The fourth-order valence-electron chi connectivity index (χ4n) is 1.45. The lowest BCUT2D eigenvalue weighted by Gasteiger charge is -2.17. The Bertz CT molecular complexity index is 233. The van der Waals surface area contributed by atoms with Crippen LogP contribution in [0.1, 0.15) is 25.8 Å². The van der Waals surface area contributed by atoms with Crippen LogP contribution >= 0.6 is 11.3 Å². The van der Waals surface area contributed by atoms with E-state index in [1.54, 1.807) is 11.3 Å². The first-order valence-corrected chi connectivity index (χ1v) is 6.02. The van der Waals surface area contributed by atoms with E-state index in [4.69, 9.17) is 5.11 Å². The first-order valence-electron chi connectivity index (χ1n) is 5.07. The van der Waals surface area contributed by atoms with Crippen molar-refractivity contribution in [1.29, 1.82) is 0 Å². The normalized spacial score (nSPS) is 13.4. The molecule has 3 heteroatoms. The van der Waals surface area contributed by atoms with E-state index in [-0.39, 0.29) is 12.6 Å². The lowest BCUT2D eigenvalue weighted by Crippen LogP contribution is -2.33. The maximum atomic E-state index is 9.14. The highest BCUT2D eigenvalue weighted by Gasteiger charge is 2.08. The molecule has 0 aromatic carbocycles. The SMILES string of the molecule is CC(C)CC(CO)NCc1ccsc1. The Kier molecular flexibility index (Phi) is 5.15. The second-order valence-electron chi connectivity index (χ2n) is 4.02. The van der Waals surface area contributed by atoms with E-state index in [0.717, 1.165) is 13.0 Å². The molecule has 80 valence electrons. The molecule has 2 N–H and O–H groups in total. The lowest BCUT2D eigenvalue weighted by molar-refractivity contribution is 0.223. The van der Waals surface area contributed by atoms with E-state index in [1.807, 2.05) is 0 Å². The van der Waals surface area contributed by atoms with Gasteiger partial charge in [0.1, 0.15) is 0 Å². The molecule has 0 aliphatic carbocycles. The zero-order valence-corrected chi connectivity index (χ0v) is 9.68. The van der Waals surface area contributed by atoms with E-state index < -0.39 is 0 Å². The number of aliphatic hydroxyl groups excluding tert-OH is 1. The van der Waals surface area contributed by atoms with Crippen LogP contribution in [-0.4, -0.2) is 17.8 Å². The highest BCUT2D eigenvalue weighted by atomic mass is 32.1. The summed E-state index contributed by atoms with van der Waals surface area (Å²) in [7, 11) is 0. The smallest absolute Gasteiger partial charge is 0.0584 e. The summed E-state index contributed by atoms with van der Waals surface area (Å²) >= 11 is 1.71. The highest BCUT2D eigenvalue weighted by Crippen LogP contribution is 2.08. The molecule has 0 bridgehead atoms.